The SMILES string of the molecule is O=C(CC=C(c1ccccc1)c1ccccc1)Nc1cncc(F)c1. The summed E-state index contributed by atoms with van der Waals surface area (Å²) in [4.78, 5) is 15.9. The van der Waals surface area contributed by atoms with Gasteiger partial charge in [0.1, 0.15) is 5.82 Å². The highest BCUT2D eigenvalue weighted by molar-refractivity contribution is 5.93. The first kappa shape index (κ1) is 16.6. The Hall–Kier alpha value is -3.27. The number of benzene rings is 2. The first-order valence-electron chi connectivity index (χ1n) is 7.94. The second-order valence-corrected chi connectivity index (χ2v) is 5.49. The summed E-state index contributed by atoms with van der Waals surface area (Å²) in [5.74, 6) is -0.709. The summed E-state index contributed by atoms with van der Waals surface area (Å²) in [5, 5.41) is 2.66. The van der Waals surface area contributed by atoms with Crippen LogP contribution in [0.3, 0.4) is 0 Å². The van der Waals surface area contributed by atoms with E-state index in [1.807, 2.05) is 66.7 Å². The predicted octanol–water partition coefficient (Wildman–Crippen LogP) is 4.68. The average Bonchev–Trinajstić information content (AvgIpc) is 2.64. The van der Waals surface area contributed by atoms with Crippen LogP contribution in [0.4, 0.5) is 10.1 Å². The summed E-state index contributed by atoms with van der Waals surface area (Å²) in [7, 11) is 0. The number of pyridine rings is 1. The standard InChI is InChI=1S/C21H17FN2O/c22-18-13-19(15-23-14-18)24-21(25)12-11-20(16-7-3-1-4-8-16)17-9-5-2-6-10-17/h1-11,13-15H,12H2,(H,24,25). The number of rotatable bonds is 5. The molecule has 0 fully saturated rings. The van der Waals surface area contributed by atoms with Gasteiger partial charge in [0.15, 0.2) is 0 Å². The summed E-state index contributed by atoms with van der Waals surface area (Å²) >= 11 is 0. The van der Waals surface area contributed by atoms with Gasteiger partial charge in [-0.3, -0.25) is 9.78 Å². The van der Waals surface area contributed by atoms with Gasteiger partial charge in [-0.25, -0.2) is 4.39 Å². The first-order valence-corrected chi connectivity index (χ1v) is 7.94. The van der Waals surface area contributed by atoms with Crippen LogP contribution in [0.25, 0.3) is 5.57 Å². The molecule has 2 aromatic carbocycles. The number of carbonyl (C=O) groups is 1. The van der Waals surface area contributed by atoms with Gasteiger partial charge in [-0.2, -0.15) is 0 Å². The summed E-state index contributed by atoms with van der Waals surface area (Å²) in [6.45, 7) is 0. The molecule has 0 aliphatic heterocycles. The number of hydrogen-bond acceptors (Lipinski definition) is 2. The number of amides is 1. The van der Waals surface area contributed by atoms with Crippen LogP contribution in [-0.4, -0.2) is 10.9 Å². The highest BCUT2D eigenvalue weighted by Gasteiger charge is 2.07. The molecular formula is C21H17FN2O. The van der Waals surface area contributed by atoms with Crippen molar-refractivity contribution in [1.29, 1.82) is 0 Å². The van der Waals surface area contributed by atoms with Crippen LogP contribution >= 0.6 is 0 Å². The second-order valence-electron chi connectivity index (χ2n) is 5.49. The molecule has 0 saturated carbocycles. The van der Waals surface area contributed by atoms with Crippen LogP contribution in [0, 0.1) is 5.82 Å². The Bertz CT molecular complexity index is 835. The van der Waals surface area contributed by atoms with Crippen molar-refractivity contribution < 1.29 is 9.18 Å². The molecular weight excluding hydrogens is 315 g/mol. The number of nitrogens with zero attached hydrogens (tertiary/aromatic N) is 1. The second kappa shape index (κ2) is 8.02. The normalized spacial score (nSPS) is 10.1. The molecule has 0 unspecified atom stereocenters. The molecule has 0 saturated heterocycles. The van der Waals surface area contributed by atoms with Crippen LogP contribution in [0.2, 0.25) is 0 Å². The zero-order chi connectivity index (χ0) is 17.5. The Kier molecular flexibility index (Phi) is 5.32. The maximum Gasteiger partial charge on any atom is 0.228 e. The van der Waals surface area contributed by atoms with Crippen molar-refractivity contribution >= 4 is 17.2 Å². The molecule has 3 rings (SSSR count). The number of hydrogen-bond donors (Lipinski definition) is 1. The number of anilines is 1. The zero-order valence-corrected chi connectivity index (χ0v) is 13.5. The molecule has 4 heteroatoms. The summed E-state index contributed by atoms with van der Waals surface area (Å²) in [5.41, 5.74) is 3.40. The van der Waals surface area contributed by atoms with Gasteiger partial charge in [0.2, 0.25) is 5.91 Å². The highest BCUT2D eigenvalue weighted by atomic mass is 19.1. The molecule has 1 aromatic heterocycles. The number of nitrogens with one attached hydrogen (secondary N) is 1. The summed E-state index contributed by atoms with van der Waals surface area (Å²) in [6.07, 6.45) is 4.57. The maximum absolute atomic E-state index is 13.1. The molecule has 0 aliphatic carbocycles. The summed E-state index contributed by atoms with van der Waals surface area (Å²) in [6, 6.07) is 21.0. The molecule has 3 nitrogen and oxygen atoms in total. The number of carbonyl (C=O) groups excluding carboxylic acids is 1. The average molecular weight is 332 g/mol. The first-order chi connectivity index (χ1) is 12.2. The van der Waals surface area contributed by atoms with E-state index in [0.29, 0.717) is 5.69 Å². The minimum absolute atomic E-state index is 0.176. The van der Waals surface area contributed by atoms with E-state index in [9.17, 15) is 9.18 Å². The van der Waals surface area contributed by atoms with Crippen molar-refractivity contribution in [3.05, 3.63) is 102 Å². The van der Waals surface area contributed by atoms with Gasteiger partial charge < -0.3 is 5.32 Å². The van der Waals surface area contributed by atoms with Crippen molar-refractivity contribution in [2.24, 2.45) is 0 Å². The van der Waals surface area contributed by atoms with Gasteiger partial charge in [-0.05, 0) is 16.7 Å². The monoisotopic (exact) mass is 332 g/mol. The number of halogens is 1. The van der Waals surface area contributed by atoms with Gasteiger partial charge in [0.25, 0.3) is 0 Å². The fraction of sp³-hybridized carbons (Fsp3) is 0.0476. The third kappa shape index (κ3) is 4.61. The van der Waals surface area contributed by atoms with Gasteiger partial charge in [0, 0.05) is 12.5 Å². The lowest BCUT2D eigenvalue weighted by Gasteiger charge is -2.09. The molecule has 124 valence electrons. The van der Waals surface area contributed by atoms with Gasteiger partial charge in [0.05, 0.1) is 18.1 Å². The predicted molar refractivity (Wildman–Crippen MR) is 97.4 cm³/mol. The molecule has 3 aromatic rings. The molecule has 0 spiro atoms. The highest BCUT2D eigenvalue weighted by Crippen LogP contribution is 2.23. The fourth-order valence-electron chi connectivity index (χ4n) is 2.52. The van der Waals surface area contributed by atoms with E-state index >= 15 is 0 Å². The molecule has 0 bridgehead atoms. The largest absolute Gasteiger partial charge is 0.324 e. The quantitative estimate of drug-likeness (QED) is 0.737. The smallest absolute Gasteiger partial charge is 0.228 e. The zero-order valence-electron chi connectivity index (χ0n) is 13.5. The van der Waals surface area contributed by atoms with E-state index in [2.05, 4.69) is 10.3 Å². The maximum atomic E-state index is 13.1. The van der Waals surface area contributed by atoms with Crippen molar-refractivity contribution in [3.63, 3.8) is 0 Å². The van der Waals surface area contributed by atoms with Gasteiger partial charge in [-0.15, -0.1) is 0 Å². The van der Waals surface area contributed by atoms with Gasteiger partial charge in [-0.1, -0.05) is 66.7 Å². The third-order valence-corrected chi connectivity index (χ3v) is 3.65. The lowest BCUT2D eigenvalue weighted by molar-refractivity contribution is -0.115. The lowest BCUT2D eigenvalue weighted by Crippen LogP contribution is -2.10. The van der Waals surface area contributed by atoms with Crippen molar-refractivity contribution in [3.8, 4) is 0 Å². The molecule has 0 aliphatic rings. The van der Waals surface area contributed by atoms with Gasteiger partial charge >= 0.3 is 0 Å². The van der Waals surface area contributed by atoms with Crippen LogP contribution < -0.4 is 5.32 Å². The Labute approximate surface area is 145 Å². The Morgan fingerprint density at radius 3 is 2.12 bits per heavy atom. The van der Waals surface area contributed by atoms with Crippen molar-refractivity contribution in [2.75, 3.05) is 5.32 Å². The van der Waals surface area contributed by atoms with E-state index in [1.165, 1.54) is 12.3 Å². The van der Waals surface area contributed by atoms with E-state index in [-0.39, 0.29) is 12.3 Å². The van der Waals surface area contributed by atoms with Crippen LogP contribution in [0.1, 0.15) is 17.5 Å². The molecule has 1 amide bonds. The fourth-order valence-corrected chi connectivity index (χ4v) is 2.52. The minimum atomic E-state index is -0.484. The Balaban J connectivity index is 1.80. The molecule has 0 atom stereocenters. The molecule has 25 heavy (non-hydrogen) atoms. The Morgan fingerprint density at radius 2 is 1.56 bits per heavy atom. The third-order valence-electron chi connectivity index (χ3n) is 3.65. The van der Waals surface area contributed by atoms with Crippen LogP contribution in [-0.2, 0) is 4.79 Å². The van der Waals surface area contributed by atoms with Crippen LogP contribution in [0.15, 0.2) is 85.2 Å². The molecule has 1 heterocycles. The van der Waals surface area contributed by atoms with Crippen molar-refractivity contribution in [1.82, 2.24) is 4.98 Å². The Morgan fingerprint density at radius 1 is 0.960 bits per heavy atom. The van der Waals surface area contributed by atoms with E-state index in [1.54, 1.807) is 0 Å². The minimum Gasteiger partial charge on any atom is -0.324 e. The summed E-state index contributed by atoms with van der Waals surface area (Å²) < 4.78 is 13.1. The number of aromatic nitrogens is 1. The lowest BCUT2D eigenvalue weighted by atomic mass is 9.97. The molecule has 0 radical (unpaired) electrons. The topological polar surface area (TPSA) is 42.0 Å². The van der Waals surface area contributed by atoms with Crippen LogP contribution in [0.5, 0.6) is 0 Å². The van der Waals surface area contributed by atoms with Crippen molar-refractivity contribution in [2.45, 2.75) is 6.42 Å². The van der Waals surface area contributed by atoms with E-state index in [4.69, 9.17) is 0 Å². The van der Waals surface area contributed by atoms with E-state index in [0.717, 1.165) is 22.9 Å². The van der Waals surface area contributed by atoms with E-state index < -0.39 is 5.82 Å². The molecule has 1 N–H and O–H groups in total.